The SMILES string of the molecule is COc1ccc(COc2cnccc2C(=O)O)c(F)c1. The van der Waals surface area contributed by atoms with Gasteiger partial charge < -0.3 is 14.6 Å². The zero-order valence-corrected chi connectivity index (χ0v) is 10.7. The maximum Gasteiger partial charge on any atom is 0.339 e. The minimum Gasteiger partial charge on any atom is -0.497 e. The number of hydrogen-bond donors (Lipinski definition) is 1. The number of rotatable bonds is 5. The molecule has 0 aliphatic carbocycles. The zero-order chi connectivity index (χ0) is 14.5. The Bertz CT molecular complexity index is 630. The first-order valence-corrected chi connectivity index (χ1v) is 5.74. The summed E-state index contributed by atoms with van der Waals surface area (Å²) in [5.41, 5.74) is 0.278. The topological polar surface area (TPSA) is 68.7 Å². The van der Waals surface area contributed by atoms with Crippen molar-refractivity contribution in [1.82, 2.24) is 4.98 Å². The first kappa shape index (κ1) is 13.8. The molecule has 0 spiro atoms. The number of benzene rings is 1. The molecule has 2 aromatic rings. The lowest BCUT2D eigenvalue weighted by Crippen LogP contribution is -2.05. The van der Waals surface area contributed by atoms with E-state index in [-0.39, 0.29) is 17.9 Å². The molecule has 1 heterocycles. The van der Waals surface area contributed by atoms with Crippen molar-refractivity contribution in [2.75, 3.05) is 7.11 Å². The lowest BCUT2D eigenvalue weighted by molar-refractivity contribution is 0.0691. The van der Waals surface area contributed by atoms with Crippen LogP contribution in [0.2, 0.25) is 0 Å². The minimum atomic E-state index is -1.13. The molecule has 0 aliphatic rings. The van der Waals surface area contributed by atoms with E-state index in [0.29, 0.717) is 11.3 Å². The van der Waals surface area contributed by atoms with E-state index in [1.54, 1.807) is 6.07 Å². The quantitative estimate of drug-likeness (QED) is 0.909. The molecular formula is C14H12FNO4. The average Bonchev–Trinajstić information content (AvgIpc) is 2.46. The summed E-state index contributed by atoms with van der Waals surface area (Å²) in [6, 6.07) is 5.68. The van der Waals surface area contributed by atoms with Gasteiger partial charge in [0.05, 0.1) is 13.3 Å². The fourth-order valence-electron chi connectivity index (χ4n) is 1.60. The van der Waals surface area contributed by atoms with Gasteiger partial charge in [0.25, 0.3) is 0 Å². The summed E-state index contributed by atoms with van der Waals surface area (Å²) in [6.07, 6.45) is 2.63. The van der Waals surface area contributed by atoms with Gasteiger partial charge in [-0.25, -0.2) is 9.18 Å². The molecule has 0 bridgehead atoms. The van der Waals surface area contributed by atoms with E-state index in [1.165, 1.54) is 37.7 Å². The van der Waals surface area contributed by atoms with Gasteiger partial charge in [0.1, 0.15) is 23.7 Å². The molecule has 1 N–H and O–H groups in total. The van der Waals surface area contributed by atoms with Gasteiger partial charge in [0.2, 0.25) is 0 Å². The summed E-state index contributed by atoms with van der Waals surface area (Å²) in [7, 11) is 1.44. The predicted octanol–water partition coefficient (Wildman–Crippen LogP) is 2.51. The smallest absolute Gasteiger partial charge is 0.339 e. The van der Waals surface area contributed by atoms with E-state index in [2.05, 4.69) is 4.98 Å². The highest BCUT2D eigenvalue weighted by Crippen LogP contribution is 2.21. The standard InChI is InChI=1S/C14H12FNO4/c1-19-10-3-2-9(12(15)6-10)8-20-13-7-16-5-4-11(13)14(17)18/h2-7H,8H2,1H3,(H,17,18). The molecule has 0 saturated carbocycles. The highest BCUT2D eigenvalue weighted by molar-refractivity contribution is 5.90. The third-order valence-electron chi connectivity index (χ3n) is 2.66. The van der Waals surface area contributed by atoms with Crippen LogP contribution in [0.3, 0.4) is 0 Å². The van der Waals surface area contributed by atoms with E-state index in [0.717, 1.165) is 0 Å². The van der Waals surface area contributed by atoms with Crippen LogP contribution in [0.25, 0.3) is 0 Å². The van der Waals surface area contributed by atoms with Gasteiger partial charge in [-0.3, -0.25) is 4.98 Å². The zero-order valence-electron chi connectivity index (χ0n) is 10.7. The van der Waals surface area contributed by atoms with Crippen LogP contribution in [-0.2, 0) is 6.61 Å². The Morgan fingerprint density at radius 3 is 2.85 bits per heavy atom. The van der Waals surface area contributed by atoms with Crippen LogP contribution < -0.4 is 9.47 Å². The first-order chi connectivity index (χ1) is 9.61. The van der Waals surface area contributed by atoms with E-state index in [9.17, 15) is 9.18 Å². The van der Waals surface area contributed by atoms with E-state index in [1.807, 2.05) is 0 Å². The molecule has 1 aromatic heterocycles. The van der Waals surface area contributed by atoms with Crippen molar-refractivity contribution in [2.45, 2.75) is 6.61 Å². The van der Waals surface area contributed by atoms with Gasteiger partial charge in [-0.15, -0.1) is 0 Å². The molecule has 20 heavy (non-hydrogen) atoms. The second kappa shape index (κ2) is 6.01. The maximum atomic E-state index is 13.7. The van der Waals surface area contributed by atoms with Crippen LogP contribution in [0.4, 0.5) is 4.39 Å². The Morgan fingerprint density at radius 1 is 1.40 bits per heavy atom. The van der Waals surface area contributed by atoms with E-state index >= 15 is 0 Å². The van der Waals surface area contributed by atoms with Crippen LogP contribution in [0.15, 0.2) is 36.7 Å². The normalized spacial score (nSPS) is 10.1. The van der Waals surface area contributed by atoms with Crippen molar-refractivity contribution < 1.29 is 23.8 Å². The highest BCUT2D eigenvalue weighted by Gasteiger charge is 2.12. The Balaban J connectivity index is 2.15. The third kappa shape index (κ3) is 3.03. The lowest BCUT2D eigenvalue weighted by atomic mass is 10.2. The minimum absolute atomic E-state index is 0.0195. The predicted molar refractivity (Wildman–Crippen MR) is 68.5 cm³/mol. The second-order valence-corrected chi connectivity index (χ2v) is 3.92. The number of carboxylic acids is 1. The summed E-state index contributed by atoms with van der Waals surface area (Å²) >= 11 is 0. The van der Waals surface area contributed by atoms with Crippen LogP contribution in [0, 0.1) is 5.82 Å². The summed E-state index contributed by atoms with van der Waals surface area (Å²) in [5.74, 6) is -1.11. The number of aromatic nitrogens is 1. The van der Waals surface area contributed by atoms with Gasteiger partial charge >= 0.3 is 5.97 Å². The summed E-state index contributed by atoms with van der Waals surface area (Å²) < 4.78 is 23.9. The number of pyridine rings is 1. The van der Waals surface area contributed by atoms with Crippen molar-refractivity contribution in [2.24, 2.45) is 0 Å². The van der Waals surface area contributed by atoms with Crippen LogP contribution >= 0.6 is 0 Å². The fraction of sp³-hybridized carbons (Fsp3) is 0.143. The number of nitrogens with zero attached hydrogens (tertiary/aromatic N) is 1. The molecule has 2 rings (SSSR count). The number of ether oxygens (including phenoxy) is 2. The van der Waals surface area contributed by atoms with E-state index < -0.39 is 11.8 Å². The molecule has 1 aromatic carbocycles. The Labute approximate surface area is 114 Å². The van der Waals surface area contributed by atoms with Crippen LogP contribution in [0.5, 0.6) is 11.5 Å². The van der Waals surface area contributed by atoms with Gasteiger partial charge in [-0.1, -0.05) is 0 Å². The van der Waals surface area contributed by atoms with E-state index in [4.69, 9.17) is 14.6 Å². The molecule has 0 saturated heterocycles. The first-order valence-electron chi connectivity index (χ1n) is 5.74. The number of aromatic carboxylic acids is 1. The largest absolute Gasteiger partial charge is 0.497 e. The number of halogens is 1. The number of carbonyl (C=O) groups is 1. The molecule has 104 valence electrons. The number of hydrogen-bond acceptors (Lipinski definition) is 4. The molecule has 0 radical (unpaired) electrons. The van der Waals surface area contributed by atoms with Gasteiger partial charge in [-0.05, 0) is 18.2 Å². The molecular weight excluding hydrogens is 265 g/mol. The summed E-state index contributed by atoms with van der Waals surface area (Å²) in [4.78, 5) is 14.8. The van der Waals surface area contributed by atoms with Crippen molar-refractivity contribution in [3.63, 3.8) is 0 Å². The van der Waals surface area contributed by atoms with Crippen LogP contribution in [0.1, 0.15) is 15.9 Å². The monoisotopic (exact) mass is 277 g/mol. The van der Waals surface area contributed by atoms with Crippen LogP contribution in [-0.4, -0.2) is 23.2 Å². The molecule has 6 heteroatoms. The molecule has 0 unspecified atom stereocenters. The highest BCUT2D eigenvalue weighted by atomic mass is 19.1. The van der Waals surface area contributed by atoms with Crippen molar-refractivity contribution in [3.8, 4) is 11.5 Å². The maximum absolute atomic E-state index is 13.7. The second-order valence-electron chi connectivity index (χ2n) is 3.92. The van der Waals surface area contributed by atoms with Crippen molar-refractivity contribution >= 4 is 5.97 Å². The molecule has 5 nitrogen and oxygen atoms in total. The third-order valence-corrected chi connectivity index (χ3v) is 2.66. The summed E-state index contributed by atoms with van der Waals surface area (Å²) in [6.45, 7) is -0.0954. The number of methoxy groups -OCH3 is 1. The average molecular weight is 277 g/mol. The van der Waals surface area contributed by atoms with Gasteiger partial charge in [-0.2, -0.15) is 0 Å². The Kier molecular flexibility index (Phi) is 4.14. The Morgan fingerprint density at radius 2 is 2.20 bits per heavy atom. The van der Waals surface area contributed by atoms with Crippen molar-refractivity contribution in [3.05, 3.63) is 53.6 Å². The number of carboxylic acid groups (broad SMARTS) is 1. The molecule has 0 fully saturated rings. The lowest BCUT2D eigenvalue weighted by Gasteiger charge is -2.09. The fourth-order valence-corrected chi connectivity index (χ4v) is 1.60. The van der Waals surface area contributed by atoms with Gasteiger partial charge in [0.15, 0.2) is 5.75 Å². The summed E-state index contributed by atoms with van der Waals surface area (Å²) in [5, 5.41) is 8.99. The Hall–Kier alpha value is -2.63. The van der Waals surface area contributed by atoms with Crippen molar-refractivity contribution in [1.29, 1.82) is 0 Å². The van der Waals surface area contributed by atoms with Gasteiger partial charge in [0, 0.05) is 17.8 Å². The molecule has 0 atom stereocenters. The molecule has 0 aliphatic heterocycles. The molecule has 0 amide bonds.